The van der Waals surface area contributed by atoms with Crippen LogP contribution in [0, 0.1) is 0 Å². The average Bonchev–Trinajstić information content (AvgIpc) is 2.88. The molecule has 2 atom stereocenters. The maximum atomic E-state index is 12.7. The number of rotatable bonds is 5. The van der Waals surface area contributed by atoms with E-state index in [0.29, 0.717) is 23.1 Å². The SMILES string of the molecule is CCNC1CCC(S(=O)(=O)c2ccccc2OC)C1. The zero-order valence-corrected chi connectivity index (χ0v) is 12.2. The molecule has 1 aliphatic rings. The first kappa shape index (κ1) is 14.3. The quantitative estimate of drug-likeness (QED) is 0.898. The fourth-order valence-electron chi connectivity index (χ4n) is 2.73. The van der Waals surface area contributed by atoms with Gasteiger partial charge in [-0.1, -0.05) is 19.1 Å². The first-order chi connectivity index (χ1) is 9.09. The van der Waals surface area contributed by atoms with Crippen LogP contribution < -0.4 is 10.1 Å². The monoisotopic (exact) mass is 283 g/mol. The second-order valence-corrected chi connectivity index (χ2v) is 7.08. The third-order valence-electron chi connectivity index (χ3n) is 3.69. The molecule has 1 aromatic carbocycles. The van der Waals surface area contributed by atoms with Crippen molar-refractivity contribution in [3.8, 4) is 5.75 Å². The van der Waals surface area contributed by atoms with Gasteiger partial charge in [-0.15, -0.1) is 0 Å². The summed E-state index contributed by atoms with van der Waals surface area (Å²) in [6, 6.07) is 7.18. The molecule has 0 saturated heterocycles. The van der Waals surface area contributed by atoms with Crippen LogP contribution in [0.15, 0.2) is 29.2 Å². The highest BCUT2D eigenvalue weighted by molar-refractivity contribution is 7.92. The maximum Gasteiger partial charge on any atom is 0.184 e. The minimum absolute atomic E-state index is 0.298. The smallest absolute Gasteiger partial charge is 0.184 e. The first-order valence-corrected chi connectivity index (χ1v) is 8.24. The molecule has 0 heterocycles. The van der Waals surface area contributed by atoms with Gasteiger partial charge in [-0.05, 0) is 37.9 Å². The topological polar surface area (TPSA) is 55.4 Å². The lowest BCUT2D eigenvalue weighted by atomic mass is 10.2. The van der Waals surface area contributed by atoms with Gasteiger partial charge >= 0.3 is 0 Å². The number of hydrogen-bond acceptors (Lipinski definition) is 4. The molecule has 5 heteroatoms. The van der Waals surface area contributed by atoms with Crippen LogP contribution in [0.5, 0.6) is 5.75 Å². The molecule has 1 aliphatic carbocycles. The summed E-state index contributed by atoms with van der Waals surface area (Å²) in [6.07, 6.45) is 2.33. The van der Waals surface area contributed by atoms with Crippen LogP contribution in [-0.2, 0) is 9.84 Å². The van der Waals surface area contributed by atoms with Crippen molar-refractivity contribution in [1.29, 1.82) is 0 Å². The lowest BCUT2D eigenvalue weighted by Gasteiger charge is -2.15. The summed E-state index contributed by atoms with van der Waals surface area (Å²) >= 11 is 0. The summed E-state index contributed by atoms with van der Waals surface area (Å²) in [5, 5.41) is 3.03. The van der Waals surface area contributed by atoms with Crippen molar-refractivity contribution in [2.75, 3.05) is 13.7 Å². The van der Waals surface area contributed by atoms with Crippen LogP contribution in [-0.4, -0.2) is 33.4 Å². The van der Waals surface area contributed by atoms with Gasteiger partial charge in [0.05, 0.1) is 12.4 Å². The highest BCUT2D eigenvalue weighted by atomic mass is 32.2. The third-order valence-corrected chi connectivity index (χ3v) is 5.95. The van der Waals surface area contributed by atoms with Crippen molar-refractivity contribution in [2.45, 2.75) is 42.4 Å². The van der Waals surface area contributed by atoms with Crippen molar-refractivity contribution in [3.05, 3.63) is 24.3 Å². The fraction of sp³-hybridized carbons (Fsp3) is 0.571. The molecule has 0 amide bonds. The Hall–Kier alpha value is -1.07. The lowest BCUT2D eigenvalue weighted by Crippen LogP contribution is -2.28. The number of nitrogens with one attached hydrogen (secondary N) is 1. The largest absolute Gasteiger partial charge is 0.495 e. The van der Waals surface area contributed by atoms with Crippen molar-refractivity contribution in [3.63, 3.8) is 0 Å². The summed E-state index contributed by atoms with van der Waals surface area (Å²) < 4.78 is 30.5. The van der Waals surface area contributed by atoms with Gasteiger partial charge in [0.2, 0.25) is 0 Å². The summed E-state index contributed by atoms with van der Waals surface area (Å²) in [4.78, 5) is 0.319. The maximum absolute atomic E-state index is 12.7. The zero-order valence-electron chi connectivity index (χ0n) is 11.4. The molecule has 1 N–H and O–H groups in total. The zero-order chi connectivity index (χ0) is 13.9. The fourth-order valence-corrected chi connectivity index (χ4v) is 4.72. The molecule has 1 fully saturated rings. The Balaban J connectivity index is 2.24. The standard InChI is InChI=1S/C14H21NO3S/c1-3-15-11-8-9-12(10-11)19(16,17)14-7-5-4-6-13(14)18-2/h4-7,11-12,15H,3,8-10H2,1-2H3. The molecular formula is C14H21NO3S. The summed E-state index contributed by atoms with van der Waals surface area (Å²) in [7, 11) is -1.79. The molecule has 1 aromatic rings. The summed E-state index contributed by atoms with van der Waals surface area (Å²) in [5.41, 5.74) is 0. The van der Waals surface area contributed by atoms with E-state index in [4.69, 9.17) is 4.74 Å². The number of benzene rings is 1. The van der Waals surface area contributed by atoms with Gasteiger partial charge in [-0.2, -0.15) is 0 Å². The molecule has 0 bridgehead atoms. The van der Waals surface area contributed by atoms with Gasteiger partial charge in [0.25, 0.3) is 0 Å². The summed E-state index contributed by atoms with van der Waals surface area (Å²) in [6.45, 7) is 2.92. The van der Waals surface area contributed by atoms with Crippen LogP contribution in [0.1, 0.15) is 26.2 Å². The van der Waals surface area contributed by atoms with Gasteiger partial charge < -0.3 is 10.1 Å². The number of para-hydroxylation sites is 1. The van der Waals surface area contributed by atoms with Crippen molar-refractivity contribution < 1.29 is 13.2 Å². The number of sulfone groups is 1. The summed E-state index contributed by atoms with van der Waals surface area (Å²) in [5.74, 6) is 0.439. The van der Waals surface area contributed by atoms with Crippen LogP contribution in [0.2, 0.25) is 0 Å². The molecule has 0 radical (unpaired) electrons. The number of ether oxygens (including phenoxy) is 1. The van der Waals surface area contributed by atoms with E-state index in [0.717, 1.165) is 19.4 Å². The Bertz CT molecular complexity index is 527. The highest BCUT2D eigenvalue weighted by Gasteiger charge is 2.36. The second-order valence-electron chi connectivity index (χ2n) is 4.89. The molecule has 0 spiro atoms. The molecule has 2 rings (SSSR count). The average molecular weight is 283 g/mol. The predicted octanol–water partition coefficient (Wildman–Crippen LogP) is 2.00. The minimum Gasteiger partial charge on any atom is -0.495 e. The number of hydrogen-bond donors (Lipinski definition) is 1. The Labute approximate surface area is 115 Å². The molecule has 0 aliphatic heterocycles. The van der Waals surface area contributed by atoms with Gasteiger partial charge in [-0.25, -0.2) is 8.42 Å². The molecule has 1 saturated carbocycles. The predicted molar refractivity (Wildman–Crippen MR) is 75.3 cm³/mol. The van der Waals surface area contributed by atoms with Crippen LogP contribution in [0.3, 0.4) is 0 Å². The normalized spacial score (nSPS) is 23.5. The second kappa shape index (κ2) is 5.92. The third kappa shape index (κ3) is 2.92. The van der Waals surface area contributed by atoms with E-state index in [2.05, 4.69) is 5.32 Å². The van der Waals surface area contributed by atoms with Crippen LogP contribution in [0.25, 0.3) is 0 Å². The minimum atomic E-state index is -3.30. The molecule has 4 nitrogen and oxygen atoms in total. The van der Waals surface area contributed by atoms with E-state index in [1.165, 1.54) is 7.11 Å². The van der Waals surface area contributed by atoms with Crippen LogP contribution in [0.4, 0.5) is 0 Å². The van der Waals surface area contributed by atoms with E-state index in [-0.39, 0.29) is 5.25 Å². The van der Waals surface area contributed by atoms with Crippen molar-refractivity contribution in [2.24, 2.45) is 0 Å². The van der Waals surface area contributed by atoms with Gasteiger partial charge in [0, 0.05) is 6.04 Å². The Kier molecular flexibility index (Phi) is 4.47. The lowest BCUT2D eigenvalue weighted by molar-refractivity contribution is 0.402. The van der Waals surface area contributed by atoms with Gasteiger partial charge in [-0.3, -0.25) is 0 Å². The molecular weight excluding hydrogens is 262 g/mol. The van der Waals surface area contributed by atoms with Gasteiger partial charge in [0.15, 0.2) is 9.84 Å². The van der Waals surface area contributed by atoms with E-state index in [1.807, 2.05) is 6.92 Å². The molecule has 106 valence electrons. The Morgan fingerprint density at radius 2 is 2.05 bits per heavy atom. The first-order valence-electron chi connectivity index (χ1n) is 6.70. The Morgan fingerprint density at radius 1 is 1.32 bits per heavy atom. The Morgan fingerprint density at radius 3 is 2.74 bits per heavy atom. The number of methoxy groups -OCH3 is 1. The van der Waals surface area contributed by atoms with Crippen LogP contribution >= 0.6 is 0 Å². The van der Waals surface area contributed by atoms with Crippen molar-refractivity contribution >= 4 is 9.84 Å². The highest BCUT2D eigenvalue weighted by Crippen LogP contribution is 2.33. The molecule has 19 heavy (non-hydrogen) atoms. The molecule has 0 aromatic heterocycles. The van der Waals surface area contributed by atoms with E-state index >= 15 is 0 Å². The van der Waals surface area contributed by atoms with Crippen molar-refractivity contribution in [1.82, 2.24) is 5.32 Å². The van der Waals surface area contributed by atoms with E-state index in [9.17, 15) is 8.42 Å². The van der Waals surface area contributed by atoms with E-state index < -0.39 is 9.84 Å². The van der Waals surface area contributed by atoms with E-state index in [1.54, 1.807) is 24.3 Å². The van der Waals surface area contributed by atoms with Gasteiger partial charge in [0.1, 0.15) is 10.6 Å². The molecule has 2 unspecified atom stereocenters.